The zero-order valence-corrected chi connectivity index (χ0v) is 16.1. The molecule has 0 unspecified atom stereocenters. The molecule has 28 heavy (non-hydrogen) atoms. The van der Waals surface area contributed by atoms with Gasteiger partial charge >= 0.3 is 0 Å². The standard InChI is InChI=1S/C23H25N3O2/c1-18-15-25(12-5-13-28-18)23(27)21-10-8-20(9-11-21)22-14-24-26(17-22)16-19-6-3-2-4-7-19/h2-4,6-11,14,17-18H,5,12-13,15-16H2,1H3/t18-/m1/s1. The topological polar surface area (TPSA) is 47.4 Å². The third kappa shape index (κ3) is 4.31. The minimum Gasteiger partial charge on any atom is -0.377 e. The first-order valence-electron chi connectivity index (χ1n) is 9.77. The fraction of sp³-hybridized carbons (Fsp3) is 0.304. The van der Waals surface area contributed by atoms with E-state index in [1.807, 2.05) is 71.4 Å². The van der Waals surface area contributed by atoms with Crippen molar-refractivity contribution >= 4 is 5.91 Å². The summed E-state index contributed by atoms with van der Waals surface area (Å²) in [6.07, 6.45) is 4.88. The maximum Gasteiger partial charge on any atom is 0.253 e. The Kier molecular flexibility index (Phi) is 5.53. The zero-order chi connectivity index (χ0) is 19.3. The molecule has 1 fully saturated rings. The summed E-state index contributed by atoms with van der Waals surface area (Å²) in [4.78, 5) is 14.7. The Morgan fingerprint density at radius 2 is 1.89 bits per heavy atom. The van der Waals surface area contributed by atoms with Crippen molar-refractivity contribution in [2.75, 3.05) is 19.7 Å². The van der Waals surface area contributed by atoms with Gasteiger partial charge in [-0.05, 0) is 36.6 Å². The molecule has 1 atom stereocenters. The lowest BCUT2D eigenvalue weighted by Gasteiger charge is -2.22. The fourth-order valence-electron chi connectivity index (χ4n) is 3.54. The Bertz CT molecular complexity index is 919. The molecule has 5 heteroatoms. The number of rotatable bonds is 4. The lowest BCUT2D eigenvalue weighted by atomic mass is 10.1. The van der Waals surface area contributed by atoms with Crippen molar-refractivity contribution in [2.24, 2.45) is 0 Å². The smallest absolute Gasteiger partial charge is 0.253 e. The van der Waals surface area contributed by atoms with Crippen LogP contribution >= 0.6 is 0 Å². The summed E-state index contributed by atoms with van der Waals surface area (Å²) >= 11 is 0. The molecule has 0 radical (unpaired) electrons. The summed E-state index contributed by atoms with van der Waals surface area (Å²) in [7, 11) is 0. The van der Waals surface area contributed by atoms with Crippen LogP contribution in [0.1, 0.15) is 29.3 Å². The molecule has 0 aliphatic carbocycles. The number of aromatic nitrogens is 2. The minimum atomic E-state index is 0.0728. The molecule has 0 bridgehead atoms. The normalized spacial score (nSPS) is 17.3. The van der Waals surface area contributed by atoms with Gasteiger partial charge in [0.2, 0.25) is 0 Å². The maximum atomic E-state index is 12.8. The molecule has 0 saturated carbocycles. The van der Waals surface area contributed by atoms with E-state index in [-0.39, 0.29) is 12.0 Å². The van der Waals surface area contributed by atoms with Crippen LogP contribution in [-0.4, -0.2) is 46.4 Å². The van der Waals surface area contributed by atoms with Gasteiger partial charge in [0.05, 0.1) is 18.8 Å². The molecule has 1 aliphatic heterocycles. The lowest BCUT2D eigenvalue weighted by molar-refractivity contribution is 0.0563. The fourth-order valence-corrected chi connectivity index (χ4v) is 3.54. The second kappa shape index (κ2) is 8.40. The van der Waals surface area contributed by atoms with Gasteiger partial charge in [-0.1, -0.05) is 42.5 Å². The van der Waals surface area contributed by atoms with Crippen molar-refractivity contribution in [3.05, 3.63) is 78.1 Å². The van der Waals surface area contributed by atoms with Crippen LogP contribution in [0.15, 0.2) is 67.0 Å². The highest BCUT2D eigenvalue weighted by Crippen LogP contribution is 2.21. The monoisotopic (exact) mass is 375 g/mol. The van der Waals surface area contributed by atoms with Gasteiger partial charge in [-0.2, -0.15) is 5.10 Å². The average molecular weight is 375 g/mol. The van der Waals surface area contributed by atoms with Crippen molar-refractivity contribution in [3.8, 4) is 11.1 Å². The molecule has 0 N–H and O–H groups in total. The Morgan fingerprint density at radius 3 is 2.68 bits per heavy atom. The van der Waals surface area contributed by atoms with Gasteiger partial charge in [0.1, 0.15) is 0 Å². The van der Waals surface area contributed by atoms with Crippen LogP contribution in [0.4, 0.5) is 0 Å². The third-order valence-electron chi connectivity index (χ3n) is 5.03. The van der Waals surface area contributed by atoms with Crippen LogP contribution in [0.2, 0.25) is 0 Å². The van der Waals surface area contributed by atoms with E-state index in [0.29, 0.717) is 6.54 Å². The second-order valence-electron chi connectivity index (χ2n) is 7.28. The van der Waals surface area contributed by atoms with Gasteiger partial charge < -0.3 is 9.64 Å². The van der Waals surface area contributed by atoms with E-state index < -0.39 is 0 Å². The first-order chi connectivity index (χ1) is 13.7. The molecule has 3 aromatic rings. The van der Waals surface area contributed by atoms with Crippen molar-refractivity contribution in [2.45, 2.75) is 26.0 Å². The van der Waals surface area contributed by atoms with E-state index in [0.717, 1.165) is 42.8 Å². The van der Waals surface area contributed by atoms with E-state index in [1.54, 1.807) is 0 Å². The Labute approximate surface area is 165 Å². The Hall–Kier alpha value is -2.92. The first-order valence-corrected chi connectivity index (χ1v) is 9.77. The lowest BCUT2D eigenvalue weighted by Crippen LogP contribution is -2.35. The number of hydrogen-bond donors (Lipinski definition) is 0. The second-order valence-corrected chi connectivity index (χ2v) is 7.28. The number of hydrogen-bond acceptors (Lipinski definition) is 3. The zero-order valence-electron chi connectivity index (χ0n) is 16.1. The summed E-state index contributed by atoms with van der Waals surface area (Å²) in [5, 5.41) is 4.47. The minimum absolute atomic E-state index is 0.0728. The van der Waals surface area contributed by atoms with E-state index in [4.69, 9.17) is 4.74 Å². The van der Waals surface area contributed by atoms with Crippen LogP contribution in [0.3, 0.4) is 0 Å². The molecular weight excluding hydrogens is 350 g/mol. The number of carbonyl (C=O) groups excluding carboxylic acids is 1. The van der Waals surface area contributed by atoms with Crippen LogP contribution in [0.5, 0.6) is 0 Å². The van der Waals surface area contributed by atoms with Gasteiger partial charge in [0.15, 0.2) is 0 Å². The molecule has 2 aromatic carbocycles. The van der Waals surface area contributed by atoms with Crippen molar-refractivity contribution in [1.29, 1.82) is 0 Å². The largest absolute Gasteiger partial charge is 0.377 e. The van der Waals surface area contributed by atoms with Crippen molar-refractivity contribution in [1.82, 2.24) is 14.7 Å². The van der Waals surface area contributed by atoms with E-state index in [1.165, 1.54) is 5.56 Å². The maximum absolute atomic E-state index is 12.8. The highest BCUT2D eigenvalue weighted by molar-refractivity contribution is 5.94. The average Bonchev–Trinajstić information content (AvgIpc) is 3.08. The first kappa shape index (κ1) is 18.4. The van der Waals surface area contributed by atoms with Gasteiger partial charge in [-0.3, -0.25) is 9.48 Å². The Balaban J connectivity index is 1.45. The predicted molar refractivity (Wildman–Crippen MR) is 109 cm³/mol. The van der Waals surface area contributed by atoms with Crippen LogP contribution in [0, 0.1) is 0 Å². The predicted octanol–water partition coefficient (Wildman–Crippen LogP) is 3.85. The highest BCUT2D eigenvalue weighted by Gasteiger charge is 2.21. The molecule has 2 heterocycles. The number of amides is 1. The summed E-state index contributed by atoms with van der Waals surface area (Å²) in [5.74, 6) is 0.0728. The van der Waals surface area contributed by atoms with Gasteiger partial charge in [-0.25, -0.2) is 0 Å². The number of carbonyl (C=O) groups is 1. The molecule has 1 aliphatic rings. The van der Waals surface area contributed by atoms with Gasteiger partial charge in [0, 0.05) is 37.0 Å². The van der Waals surface area contributed by atoms with Crippen LogP contribution in [-0.2, 0) is 11.3 Å². The molecule has 1 amide bonds. The van der Waals surface area contributed by atoms with E-state index in [2.05, 4.69) is 17.2 Å². The van der Waals surface area contributed by atoms with Gasteiger partial charge in [0.25, 0.3) is 5.91 Å². The molecule has 1 saturated heterocycles. The molecule has 4 rings (SSSR count). The van der Waals surface area contributed by atoms with Gasteiger partial charge in [-0.15, -0.1) is 0 Å². The molecule has 5 nitrogen and oxygen atoms in total. The highest BCUT2D eigenvalue weighted by atomic mass is 16.5. The van der Waals surface area contributed by atoms with Crippen LogP contribution in [0.25, 0.3) is 11.1 Å². The third-order valence-corrected chi connectivity index (χ3v) is 5.03. The van der Waals surface area contributed by atoms with Crippen molar-refractivity contribution in [3.63, 3.8) is 0 Å². The number of ether oxygens (including phenoxy) is 1. The number of nitrogens with zero attached hydrogens (tertiary/aromatic N) is 3. The summed E-state index contributed by atoms with van der Waals surface area (Å²) in [5.41, 5.74) is 4.04. The van der Waals surface area contributed by atoms with Crippen LogP contribution < -0.4 is 0 Å². The molecule has 1 aromatic heterocycles. The molecule has 144 valence electrons. The summed E-state index contributed by atoms with van der Waals surface area (Å²) in [6.45, 7) is 4.87. The molecular formula is C23H25N3O2. The number of benzene rings is 2. The van der Waals surface area contributed by atoms with Crippen molar-refractivity contribution < 1.29 is 9.53 Å². The summed E-state index contributed by atoms with van der Waals surface area (Å²) < 4.78 is 7.57. The van der Waals surface area contributed by atoms with E-state index in [9.17, 15) is 4.79 Å². The van der Waals surface area contributed by atoms with E-state index >= 15 is 0 Å². The quantitative estimate of drug-likeness (QED) is 0.696. The molecule has 0 spiro atoms. The Morgan fingerprint density at radius 1 is 1.11 bits per heavy atom. The summed E-state index contributed by atoms with van der Waals surface area (Å²) in [6, 6.07) is 18.1. The SMILES string of the molecule is C[C@@H]1CN(C(=O)c2ccc(-c3cnn(Cc4ccccc4)c3)cc2)CCCO1.